The Labute approximate surface area is 61.8 Å². The van der Waals surface area contributed by atoms with Crippen molar-refractivity contribution in [2.75, 3.05) is 6.54 Å². The molecule has 0 aliphatic heterocycles. The summed E-state index contributed by atoms with van der Waals surface area (Å²) in [6.45, 7) is 0.783. The average molecular weight is 140 g/mol. The molecule has 0 aromatic heterocycles. The van der Waals surface area contributed by atoms with E-state index in [1.54, 1.807) is 0 Å². The second kappa shape index (κ2) is 3.71. The van der Waals surface area contributed by atoms with Crippen molar-refractivity contribution < 1.29 is 4.79 Å². The van der Waals surface area contributed by atoms with E-state index in [1.807, 2.05) is 0 Å². The molecule has 2 heteroatoms. The highest BCUT2D eigenvalue weighted by molar-refractivity contribution is 5.54. The lowest BCUT2D eigenvalue weighted by Gasteiger charge is -2.23. The molecule has 1 fully saturated rings. The maximum Gasteiger partial charge on any atom is 0.201 e. The lowest BCUT2D eigenvalue weighted by molar-refractivity contribution is 0.321. The third-order valence-electron chi connectivity index (χ3n) is 2.35. The zero-order chi connectivity index (χ0) is 7.40. The van der Waals surface area contributed by atoms with Crippen molar-refractivity contribution in [3.8, 4) is 0 Å². The quantitative estimate of drug-likeness (QED) is 0.618. The van der Waals surface area contributed by atoms with Crippen LogP contribution in [-0.4, -0.2) is 12.8 Å². The third-order valence-corrected chi connectivity index (χ3v) is 2.35. The summed E-state index contributed by atoms with van der Waals surface area (Å²) in [5.41, 5.74) is 5.49. The lowest BCUT2D eigenvalue weighted by atomic mass is 9.83. The van der Waals surface area contributed by atoms with Gasteiger partial charge in [0.2, 0.25) is 6.29 Å². The predicted molar refractivity (Wildman–Crippen MR) is 40.2 cm³/mol. The normalized spacial score (nSPS) is 33.7. The standard InChI is InChI=1S/C8H14NO/c9-5-7-1-3-8(6-10)4-2-7/h7-8H,1-5,9H2/t7-,8-. The van der Waals surface area contributed by atoms with Crippen molar-refractivity contribution in [2.24, 2.45) is 17.6 Å². The summed E-state index contributed by atoms with van der Waals surface area (Å²) in [7, 11) is 0. The molecule has 0 atom stereocenters. The van der Waals surface area contributed by atoms with Crippen LogP contribution < -0.4 is 5.73 Å². The van der Waals surface area contributed by atoms with Crippen molar-refractivity contribution >= 4 is 6.29 Å². The number of carbonyl (C=O) groups excluding carboxylic acids is 1. The van der Waals surface area contributed by atoms with Gasteiger partial charge in [0.25, 0.3) is 0 Å². The lowest BCUT2D eigenvalue weighted by Crippen LogP contribution is -2.21. The van der Waals surface area contributed by atoms with Crippen molar-refractivity contribution in [3.63, 3.8) is 0 Å². The first-order valence-corrected chi connectivity index (χ1v) is 3.94. The molecule has 0 spiro atoms. The van der Waals surface area contributed by atoms with E-state index in [-0.39, 0.29) is 5.92 Å². The van der Waals surface area contributed by atoms with Crippen LogP contribution >= 0.6 is 0 Å². The van der Waals surface area contributed by atoms with Crippen LogP contribution in [0.5, 0.6) is 0 Å². The smallest absolute Gasteiger partial charge is 0.201 e. The Morgan fingerprint density at radius 3 is 2.30 bits per heavy atom. The van der Waals surface area contributed by atoms with Gasteiger partial charge in [-0.3, -0.25) is 4.79 Å². The molecule has 1 aliphatic rings. The molecule has 1 radical (unpaired) electrons. The Morgan fingerprint density at radius 2 is 1.90 bits per heavy atom. The second-order valence-corrected chi connectivity index (χ2v) is 3.07. The minimum atomic E-state index is 0.211. The van der Waals surface area contributed by atoms with Gasteiger partial charge in [0, 0.05) is 5.92 Å². The molecule has 57 valence electrons. The summed E-state index contributed by atoms with van der Waals surface area (Å²) >= 11 is 0. The van der Waals surface area contributed by atoms with E-state index in [0.717, 1.165) is 32.2 Å². The minimum absolute atomic E-state index is 0.211. The van der Waals surface area contributed by atoms with Gasteiger partial charge in [0.05, 0.1) is 0 Å². The van der Waals surface area contributed by atoms with Crippen molar-refractivity contribution in [1.29, 1.82) is 0 Å². The predicted octanol–water partition coefficient (Wildman–Crippen LogP) is 0.861. The van der Waals surface area contributed by atoms with Gasteiger partial charge in [-0.05, 0) is 38.1 Å². The third kappa shape index (κ3) is 1.81. The van der Waals surface area contributed by atoms with Crippen LogP contribution in [-0.2, 0) is 4.79 Å². The molecule has 2 N–H and O–H groups in total. The van der Waals surface area contributed by atoms with Crippen molar-refractivity contribution in [1.82, 2.24) is 0 Å². The molecule has 0 aromatic carbocycles. The Bertz CT molecular complexity index is 106. The van der Waals surface area contributed by atoms with Crippen LogP contribution in [0.1, 0.15) is 25.7 Å². The van der Waals surface area contributed by atoms with Crippen LogP contribution in [0, 0.1) is 11.8 Å². The zero-order valence-corrected chi connectivity index (χ0v) is 6.18. The first kappa shape index (κ1) is 7.73. The molecule has 0 saturated heterocycles. The Kier molecular flexibility index (Phi) is 2.87. The van der Waals surface area contributed by atoms with E-state index in [9.17, 15) is 4.79 Å². The molecule has 10 heavy (non-hydrogen) atoms. The van der Waals surface area contributed by atoms with E-state index in [4.69, 9.17) is 5.73 Å². The largest absolute Gasteiger partial charge is 0.330 e. The fourth-order valence-electron chi connectivity index (χ4n) is 1.52. The van der Waals surface area contributed by atoms with Crippen LogP contribution in [0.2, 0.25) is 0 Å². The molecular formula is C8H14NO. The van der Waals surface area contributed by atoms with Gasteiger partial charge in [0.1, 0.15) is 0 Å². The summed E-state index contributed by atoms with van der Waals surface area (Å²) < 4.78 is 0. The maximum absolute atomic E-state index is 10.2. The molecule has 1 saturated carbocycles. The maximum atomic E-state index is 10.2. The van der Waals surface area contributed by atoms with Gasteiger partial charge in [-0.2, -0.15) is 0 Å². The van der Waals surface area contributed by atoms with Crippen LogP contribution in [0.15, 0.2) is 0 Å². The van der Waals surface area contributed by atoms with Gasteiger partial charge in [0.15, 0.2) is 0 Å². The van der Waals surface area contributed by atoms with E-state index >= 15 is 0 Å². The Morgan fingerprint density at radius 1 is 1.30 bits per heavy atom. The average Bonchev–Trinajstić information content (AvgIpc) is 2.05. The van der Waals surface area contributed by atoms with Gasteiger partial charge in [-0.15, -0.1) is 0 Å². The molecule has 1 rings (SSSR count). The van der Waals surface area contributed by atoms with E-state index in [0.29, 0.717) is 5.92 Å². The highest BCUT2D eigenvalue weighted by Gasteiger charge is 2.19. The molecule has 0 heterocycles. The second-order valence-electron chi connectivity index (χ2n) is 3.07. The van der Waals surface area contributed by atoms with E-state index < -0.39 is 0 Å². The fraction of sp³-hybridized carbons (Fsp3) is 0.875. The SMILES string of the molecule is NC[C@H]1CC[C@H]([C]=O)CC1. The van der Waals surface area contributed by atoms with E-state index in [2.05, 4.69) is 6.29 Å². The molecular weight excluding hydrogens is 126 g/mol. The summed E-state index contributed by atoms with van der Waals surface area (Å²) in [6.07, 6.45) is 6.31. The number of hydrogen-bond donors (Lipinski definition) is 1. The van der Waals surface area contributed by atoms with Gasteiger partial charge >= 0.3 is 0 Å². The number of hydrogen-bond acceptors (Lipinski definition) is 2. The Hall–Kier alpha value is -0.370. The molecule has 0 amide bonds. The topological polar surface area (TPSA) is 43.1 Å². The van der Waals surface area contributed by atoms with Crippen LogP contribution in [0.4, 0.5) is 0 Å². The molecule has 0 unspecified atom stereocenters. The van der Waals surface area contributed by atoms with Crippen molar-refractivity contribution in [2.45, 2.75) is 25.7 Å². The number of nitrogens with two attached hydrogens (primary N) is 1. The highest BCUT2D eigenvalue weighted by Crippen LogP contribution is 2.26. The number of rotatable bonds is 2. The monoisotopic (exact) mass is 140 g/mol. The van der Waals surface area contributed by atoms with Gasteiger partial charge in [-0.1, -0.05) is 0 Å². The Balaban J connectivity index is 2.23. The minimum Gasteiger partial charge on any atom is -0.330 e. The molecule has 1 aliphatic carbocycles. The highest BCUT2D eigenvalue weighted by atomic mass is 16.1. The molecule has 2 nitrogen and oxygen atoms in total. The van der Waals surface area contributed by atoms with Crippen molar-refractivity contribution in [3.05, 3.63) is 0 Å². The van der Waals surface area contributed by atoms with E-state index in [1.165, 1.54) is 0 Å². The first-order valence-electron chi connectivity index (χ1n) is 3.94. The molecule has 0 bridgehead atoms. The summed E-state index contributed by atoms with van der Waals surface area (Å²) in [5.74, 6) is 0.882. The zero-order valence-electron chi connectivity index (χ0n) is 6.18. The van der Waals surface area contributed by atoms with Gasteiger partial charge < -0.3 is 5.73 Å². The summed E-state index contributed by atoms with van der Waals surface area (Å²) in [4.78, 5) is 10.2. The summed E-state index contributed by atoms with van der Waals surface area (Å²) in [6, 6.07) is 0. The first-order chi connectivity index (χ1) is 4.86. The van der Waals surface area contributed by atoms with Crippen LogP contribution in [0.25, 0.3) is 0 Å². The van der Waals surface area contributed by atoms with Gasteiger partial charge in [-0.25, -0.2) is 0 Å². The molecule has 0 aromatic rings. The summed E-state index contributed by atoms with van der Waals surface area (Å²) in [5, 5.41) is 0. The van der Waals surface area contributed by atoms with Crippen LogP contribution in [0.3, 0.4) is 0 Å². The fourth-order valence-corrected chi connectivity index (χ4v) is 1.52.